The maximum Gasteiger partial charge on any atom is 0.288 e. The summed E-state index contributed by atoms with van der Waals surface area (Å²) in [7, 11) is 0. The van der Waals surface area contributed by atoms with Crippen LogP contribution in [0, 0.1) is 17.0 Å². The van der Waals surface area contributed by atoms with E-state index in [1.807, 2.05) is 6.92 Å². The van der Waals surface area contributed by atoms with E-state index in [1.54, 1.807) is 6.07 Å². The summed E-state index contributed by atoms with van der Waals surface area (Å²) in [5, 5.41) is 14.2. The molecule has 0 aliphatic heterocycles. The van der Waals surface area contributed by atoms with Gasteiger partial charge in [0, 0.05) is 17.8 Å². The minimum Gasteiger partial charge on any atom is -0.382 e. The van der Waals surface area contributed by atoms with Crippen LogP contribution in [-0.2, 0) is 0 Å². The van der Waals surface area contributed by atoms with E-state index in [-0.39, 0.29) is 10.7 Å². The van der Waals surface area contributed by atoms with Gasteiger partial charge in [0.1, 0.15) is 5.02 Å². The van der Waals surface area contributed by atoms with Gasteiger partial charge in [-0.1, -0.05) is 25.4 Å². The molecule has 0 saturated carbocycles. The van der Waals surface area contributed by atoms with Crippen molar-refractivity contribution >= 4 is 23.0 Å². The Balaban J connectivity index is 3.03. The molecular formula is C12H17ClN2O2. The number of benzene rings is 1. The Hall–Kier alpha value is -1.29. The molecule has 1 aromatic rings. The highest BCUT2D eigenvalue weighted by Crippen LogP contribution is 2.31. The molecule has 0 amide bonds. The van der Waals surface area contributed by atoms with Crippen molar-refractivity contribution in [2.45, 2.75) is 39.7 Å². The minimum absolute atomic E-state index is 0.0423. The second-order valence-electron chi connectivity index (χ2n) is 4.03. The van der Waals surface area contributed by atoms with Gasteiger partial charge in [-0.05, 0) is 31.4 Å². The van der Waals surface area contributed by atoms with Crippen LogP contribution in [0.25, 0.3) is 0 Å². The summed E-state index contributed by atoms with van der Waals surface area (Å²) in [5.74, 6) is 0. The summed E-state index contributed by atoms with van der Waals surface area (Å²) in [5.41, 5.74) is 1.67. The Morgan fingerprint density at radius 3 is 2.47 bits per heavy atom. The van der Waals surface area contributed by atoms with Crippen molar-refractivity contribution in [2.75, 3.05) is 5.32 Å². The summed E-state index contributed by atoms with van der Waals surface area (Å²) >= 11 is 5.88. The standard InChI is InChI=1S/C12H17ClN2O2/c1-4-9(5-2)14-11-7-10(13)12(15(16)17)6-8(11)3/h6-7,9,14H,4-5H2,1-3H3. The van der Waals surface area contributed by atoms with Crippen LogP contribution in [0.3, 0.4) is 0 Å². The molecule has 0 heterocycles. The number of nitro groups is 1. The number of halogens is 1. The smallest absolute Gasteiger partial charge is 0.288 e. The summed E-state index contributed by atoms with van der Waals surface area (Å²) < 4.78 is 0. The third-order valence-electron chi connectivity index (χ3n) is 2.84. The lowest BCUT2D eigenvalue weighted by Crippen LogP contribution is -2.17. The molecule has 0 atom stereocenters. The quantitative estimate of drug-likeness (QED) is 0.636. The number of anilines is 1. The zero-order valence-corrected chi connectivity index (χ0v) is 11.0. The fourth-order valence-corrected chi connectivity index (χ4v) is 1.91. The van der Waals surface area contributed by atoms with E-state index in [0.717, 1.165) is 24.1 Å². The molecule has 0 bridgehead atoms. The van der Waals surface area contributed by atoms with Crippen molar-refractivity contribution in [1.29, 1.82) is 0 Å². The molecule has 0 aliphatic rings. The average molecular weight is 257 g/mol. The zero-order chi connectivity index (χ0) is 13.0. The van der Waals surface area contributed by atoms with Crippen LogP contribution in [-0.4, -0.2) is 11.0 Å². The molecule has 0 spiro atoms. The highest BCUT2D eigenvalue weighted by atomic mass is 35.5. The Morgan fingerprint density at radius 1 is 1.41 bits per heavy atom. The van der Waals surface area contributed by atoms with E-state index in [2.05, 4.69) is 19.2 Å². The molecule has 0 aliphatic carbocycles. The van der Waals surface area contributed by atoms with E-state index in [0.29, 0.717) is 6.04 Å². The number of rotatable bonds is 5. The Morgan fingerprint density at radius 2 is 2.00 bits per heavy atom. The first-order valence-corrected chi connectivity index (χ1v) is 6.08. The summed E-state index contributed by atoms with van der Waals surface area (Å²) in [6, 6.07) is 3.51. The number of aryl methyl sites for hydroxylation is 1. The number of hydrogen-bond acceptors (Lipinski definition) is 3. The molecule has 0 radical (unpaired) electrons. The SMILES string of the molecule is CCC(CC)Nc1cc(Cl)c([N+](=O)[O-])cc1C. The van der Waals surface area contributed by atoms with Crippen LogP contribution >= 0.6 is 11.6 Å². The van der Waals surface area contributed by atoms with Crippen molar-refractivity contribution in [2.24, 2.45) is 0 Å². The van der Waals surface area contributed by atoms with Crippen molar-refractivity contribution in [3.63, 3.8) is 0 Å². The van der Waals surface area contributed by atoms with Gasteiger partial charge in [0.25, 0.3) is 5.69 Å². The van der Waals surface area contributed by atoms with E-state index in [1.165, 1.54) is 6.07 Å². The van der Waals surface area contributed by atoms with Crippen LogP contribution in [0.4, 0.5) is 11.4 Å². The normalized spacial score (nSPS) is 10.6. The lowest BCUT2D eigenvalue weighted by atomic mass is 10.1. The van der Waals surface area contributed by atoms with Gasteiger partial charge in [-0.2, -0.15) is 0 Å². The van der Waals surface area contributed by atoms with E-state index in [4.69, 9.17) is 11.6 Å². The topological polar surface area (TPSA) is 55.2 Å². The Bertz CT molecular complexity index is 417. The molecule has 4 nitrogen and oxygen atoms in total. The fraction of sp³-hybridized carbons (Fsp3) is 0.500. The fourth-order valence-electron chi connectivity index (χ4n) is 1.67. The van der Waals surface area contributed by atoms with Gasteiger partial charge >= 0.3 is 0 Å². The molecule has 0 fully saturated rings. The first kappa shape index (κ1) is 13.8. The molecule has 94 valence electrons. The molecule has 1 aromatic carbocycles. The van der Waals surface area contributed by atoms with Crippen LogP contribution in [0.1, 0.15) is 32.3 Å². The molecule has 0 saturated heterocycles. The zero-order valence-electron chi connectivity index (χ0n) is 10.3. The molecule has 0 unspecified atom stereocenters. The molecular weight excluding hydrogens is 240 g/mol. The lowest BCUT2D eigenvalue weighted by molar-refractivity contribution is -0.384. The summed E-state index contributed by atoms with van der Waals surface area (Å²) in [6.45, 7) is 6.04. The third-order valence-corrected chi connectivity index (χ3v) is 3.14. The Labute approximate surface area is 106 Å². The number of nitro benzene ring substituents is 1. The highest BCUT2D eigenvalue weighted by Gasteiger charge is 2.15. The summed E-state index contributed by atoms with van der Waals surface area (Å²) in [6.07, 6.45) is 2.01. The predicted octanol–water partition coefficient (Wildman–Crippen LogP) is 4.16. The largest absolute Gasteiger partial charge is 0.382 e. The second kappa shape index (κ2) is 5.87. The maximum absolute atomic E-state index is 10.7. The predicted molar refractivity (Wildman–Crippen MR) is 70.8 cm³/mol. The highest BCUT2D eigenvalue weighted by molar-refractivity contribution is 6.33. The monoisotopic (exact) mass is 256 g/mol. The van der Waals surface area contributed by atoms with Gasteiger partial charge in [-0.15, -0.1) is 0 Å². The molecule has 17 heavy (non-hydrogen) atoms. The lowest BCUT2D eigenvalue weighted by Gasteiger charge is -2.18. The van der Waals surface area contributed by atoms with Gasteiger partial charge in [-0.3, -0.25) is 10.1 Å². The Kier molecular flexibility index (Phi) is 4.75. The van der Waals surface area contributed by atoms with Gasteiger partial charge in [0.05, 0.1) is 4.92 Å². The number of nitrogens with one attached hydrogen (secondary N) is 1. The van der Waals surface area contributed by atoms with Crippen LogP contribution in [0.15, 0.2) is 12.1 Å². The average Bonchev–Trinajstić information content (AvgIpc) is 2.29. The second-order valence-corrected chi connectivity index (χ2v) is 4.44. The van der Waals surface area contributed by atoms with E-state index >= 15 is 0 Å². The van der Waals surface area contributed by atoms with Gasteiger partial charge < -0.3 is 5.32 Å². The number of nitrogens with zero attached hydrogens (tertiary/aromatic N) is 1. The van der Waals surface area contributed by atoms with Gasteiger partial charge in [0.2, 0.25) is 0 Å². The van der Waals surface area contributed by atoms with E-state index < -0.39 is 4.92 Å². The summed E-state index contributed by atoms with van der Waals surface area (Å²) in [4.78, 5) is 10.3. The van der Waals surface area contributed by atoms with Crippen LogP contribution in [0.2, 0.25) is 5.02 Å². The number of hydrogen-bond donors (Lipinski definition) is 1. The maximum atomic E-state index is 10.7. The minimum atomic E-state index is -0.462. The van der Waals surface area contributed by atoms with Crippen molar-refractivity contribution in [3.8, 4) is 0 Å². The van der Waals surface area contributed by atoms with Crippen molar-refractivity contribution in [1.82, 2.24) is 0 Å². The molecule has 1 N–H and O–H groups in total. The molecule has 1 rings (SSSR count). The first-order chi connectivity index (χ1) is 7.99. The third kappa shape index (κ3) is 3.33. The van der Waals surface area contributed by atoms with Crippen LogP contribution in [0.5, 0.6) is 0 Å². The van der Waals surface area contributed by atoms with Gasteiger partial charge in [-0.25, -0.2) is 0 Å². The van der Waals surface area contributed by atoms with E-state index in [9.17, 15) is 10.1 Å². The molecule has 5 heteroatoms. The van der Waals surface area contributed by atoms with Gasteiger partial charge in [0.15, 0.2) is 0 Å². The first-order valence-electron chi connectivity index (χ1n) is 5.70. The van der Waals surface area contributed by atoms with Crippen molar-refractivity contribution in [3.05, 3.63) is 32.8 Å². The van der Waals surface area contributed by atoms with Crippen molar-refractivity contribution < 1.29 is 4.92 Å². The molecule has 0 aromatic heterocycles. The van der Waals surface area contributed by atoms with Crippen LogP contribution < -0.4 is 5.32 Å².